The van der Waals surface area contributed by atoms with E-state index >= 15 is 0 Å². The summed E-state index contributed by atoms with van der Waals surface area (Å²) in [5.74, 6) is -0.453. The van der Waals surface area contributed by atoms with Gasteiger partial charge in [0.1, 0.15) is 11.2 Å². The average molecular weight is 465 g/mol. The summed E-state index contributed by atoms with van der Waals surface area (Å²) >= 11 is 0. The van der Waals surface area contributed by atoms with Crippen LogP contribution in [-0.2, 0) is 25.6 Å². The van der Waals surface area contributed by atoms with Crippen LogP contribution in [0.4, 0.5) is 15.3 Å². The van der Waals surface area contributed by atoms with Gasteiger partial charge in [0.25, 0.3) is 0 Å². The molecule has 0 heterocycles. The van der Waals surface area contributed by atoms with Gasteiger partial charge in [-0.2, -0.15) is 0 Å². The first-order valence-corrected chi connectivity index (χ1v) is 10.8. The molecular formula is C23H36N4O6. The third kappa shape index (κ3) is 14.4. The van der Waals surface area contributed by atoms with Crippen LogP contribution in [0.15, 0.2) is 24.3 Å². The van der Waals surface area contributed by atoms with E-state index in [0.29, 0.717) is 12.2 Å². The highest BCUT2D eigenvalue weighted by Gasteiger charge is 2.16. The fraction of sp³-hybridized carbons (Fsp3) is 0.565. The number of ether oxygens (including phenoxy) is 2. The minimum Gasteiger partial charge on any atom is -0.444 e. The van der Waals surface area contributed by atoms with Crippen molar-refractivity contribution in [3.05, 3.63) is 29.8 Å². The van der Waals surface area contributed by atoms with E-state index in [1.54, 1.807) is 65.8 Å². The summed E-state index contributed by atoms with van der Waals surface area (Å²) in [6.45, 7) is 11.2. The van der Waals surface area contributed by atoms with Gasteiger partial charge in [-0.15, -0.1) is 0 Å². The largest absolute Gasteiger partial charge is 0.444 e. The third-order valence-corrected chi connectivity index (χ3v) is 3.77. The van der Waals surface area contributed by atoms with E-state index < -0.39 is 23.4 Å². The van der Waals surface area contributed by atoms with E-state index in [1.165, 1.54) is 0 Å². The maximum atomic E-state index is 12.0. The van der Waals surface area contributed by atoms with Crippen LogP contribution in [0, 0.1) is 0 Å². The first kappa shape index (κ1) is 27.7. The second kappa shape index (κ2) is 12.7. The molecule has 184 valence electrons. The van der Waals surface area contributed by atoms with Crippen LogP contribution in [0.2, 0.25) is 0 Å². The van der Waals surface area contributed by atoms with Crippen LogP contribution in [0.1, 0.15) is 59.9 Å². The molecule has 0 aliphatic carbocycles. The zero-order valence-electron chi connectivity index (χ0n) is 20.3. The molecule has 0 atom stereocenters. The Morgan fingerprint density at radius 2 is 1.15 bits per heavy atom. The van der Waals surface area contributed by atoms with Crippen LogP contribution < -0.4 is 21.3 Å². The normalized spacial score (nSPS) is 11.2. The average Bonchev–Trinajstić information content (AvgIpc) is 2.64. The highest BCUT2D eigenvalue weighted by molar-refractivity contribution is 5.91. The molecule has 0 aliphatic heterocycles. The molecule has 0 aliphatic rings. The highest BCUT2D eigenvalue weighted by atomic mass is 16.6. The van der Waals surface area contributed by atoms with E-state index in [-0.39, 0.29) is 37.7 Å². The minimum atomic E-state index is -0.593. The van der Waals surface area contributed by atoms with Gasteiger partial charge in [0, 0.05) is 38.2 Å². The van der Waals surface area contributed by atoms with E-state index in [4.69, 9.17) is 9.47 Å². The van der Waals surface area contributed by atoms with Crippen molar-refractivity contribution in [1.29, 1.82) is 0 Å². The molecule has 4 amide bonds. The maximum absolute atomic E-state index is 12.0. The van der Waals surface area contributed by atoms with Crippen molar-refractivity contribution in [3.8, 4) is 0 Å². The number of amides is 4. The zero-order valence-corrected chi connectivity index (χ0v) is 20.3. The third-order valence-electron chi connectivity index (χ3n) is 3.77. The predicted molar refractivity (Wildman–Crippen MR) is 125 cm³/mol. The second-order valence-electron chi connectivity index (χ2n) is 9.38. The zero-order chi connectivity index (χ0) is 25.1. The Morgan fingerprint density at radius 1 is 0.697 bits per heavy atom. The Morgan fingerprint density at radius 3 is 1.61 bits per heavy atom. The molecule has 33 heavy (non-hydrogen) atoms. The van der Waals surface area contributed by atoms with E-state index in [1.807, 2.05) is 0 Å². The van der Waals surface area contributed by atoms with E-state index in [9.17, 15) is 19.2 Å². The molecule has 1 aromatic rings. The number of rotatable bonds is 9. The van der Waals surface area contributed by atoms with Crippen molar-refractivity contribution < 1.29 is 28.7 Å². The van der Waals surface area contributed by atoms with Crippen LogP contribution in [0.25, 0.3) is 0 Å². The maximum Gasteiger partial charge on any atom is 0.407 e. The predicted octanol–water partition coefficient (Wildman–Crippen LogP) is 3.07. The lowest BCUT2D eigenvalue weighted by atomic mass is 10.2. The SMILES string of the molecule is CC(C)(C)OC(=O)NCCC(=O)NCc1ccc(NC(=O)CCNC(=O)OC(C)(C)C)cc1. The molecule has 1 rings (SSSR count). The number of benzene rings is 1. The van der Waals surface area contributed by atoms with E-state index in [2.05, 4.69) is 21.3 Å². The fourth-order valence-electron chi connectivity index (χ4n) is 2.40. The van der Waals surface area contributed by atoms with Gasteiger partial charge in [-0.1, -0.05) is 12.1 Å². The van der Waals surface area contributed by atoms with Gasteiger partial charge in [-0.05, 0) is 59.2 Å². The van der Waals surface area contributed by atoms with Gasteiger partial charge in [-0.3, -0.25) is 9.59 Å². The van der Waals surface area contributed by atoms with Gasteiger partial charge in [0.05, 0.1) is 0 Å². The van der Waals surface area contributed by atoms with Gasteiger partial charge in [-0.25, -0.2) is 9.59 Å². The molecule has 0 saturated carbocycles. The summed E-state index contributed by atoms with van der Waals surface area (Å²) in [5.41, 5.74) is 0.279. The van der Waals surface area contributed by atoms with Crippen molar-refractivity contribution in [2.75, 3.05) is 18.4 Å². The molecule has 0 radical (unpaired) electrons. The standard InChI is InChI=1S/C23H36N4O6/c1-22(2,3)32-20(30)24-13-11-18(28)26-15-16-7-9-17(10-8-16)27-19(29)12-14-25-21(31)33-23(4,5)6/h7-10H,11-15H2,1-6H3,(H,24,30)(H,25,31)(H,26,28)(H,27,29). The molecule has 10 heteroatoms. The Bertz CT molecular complexity index is 810. The van der Waals surface area contributed by atoms with Crippen molar-refractivity contribution in [3.63, 3.8) is 0 Å². The summed E-state index contributed by atoms with van der Waals surface area (Å²) < 4.78 is 10.2. The second-order valence-corrected chi connectivity index (χ2v) is 9.38. The van der Waals surface area contributed by atoms with Gasteiger partial charge in [0.2, 0.25) is 11.8 Å². The minimum absolute atomic E-state index is 0.106. The number of carbonyl (C=O) groups excluding carboxylic acids is 4. The molecule has 10 nitrogen and oxygen atoms in total. The number of hydrogen-bond donors (Lipinski definition) is 4. The molecule has 0 aromatic heterocycles. The molecule has 0 saturated heterocycles. The van der Waals surface area contributed by atoms with Crippen molar-refractivity contribution in [1.82, 2.24) is 16.0 Å². The number of carbonyl (C=O) groups is 4. The van der Waals surface area contributed by atoms with Crippen LogP contribution in [0.3, 0.4) is 0 Å². The summed E-state index contributed by atoms with van der Waals surface area (Å²) in [5, 5.41) is 10.6. The summed E-state index contributed by atoms with van der Waals surface area (Å²) in [4.78, 5) is 47.0. The lowest BCUT2D eigenvalue weighted by molar-refractivity contribution is -0.121. The summed E-state index contributed by atoms with van der Waals surface area (Å²) in [6, 6.07) is 7.02. The quantitative estimate of drug-likeness (QED) is 0.444. The monoisotopic (exact) mass is 464 g/mol. The Hall–Kier alpha value is -3.30. The molecular weight excluding hydrogens is 428 g/mol. The summed E-state index contributed by atoms with van der Waals surface area (Å²) in [6.07, 6.45) is -0.894. The van der Waals surface area contributed by atoms with Crippen molar-refractivity contribution in [2.24, 2.45) is 0 Å². The number of alkyl carbamates (subject to hydrolysis) is 2. The lowest BCUT2D eigenvalue weighted by Gasteiger charge is -2.19. The Kier molecular flexibility index (Phi) is 10.6. The smallest absolute Gasteiger partial charge is 0.407 e. The number of nitrogens with one attached hydrogen (secondary N) is 4. The van der Waals surface area contributed by atoms with Crippen LogP contribution >= 0.6 is 0 Å². The first-order valence-electron chi connectivity index (χ1n) is 10.8. The Labute approximate surface area is 195 Å². The van der Waals surface area contributed by atoms with E-state index in [0.717, 1.165) is 5.56 Å². The van der Waals surface area contributed by atoms with Gasteiger partial charge >= 0.3 is 12.2 Å². The Balaban J connectivity index is 2.27. The molecule has 0 unspecified atom stereocenters. The molecule has 0 bridgehead atoms. The summed E-state index contributed by atoms with van der Waals surface area (Å²) in [7, 11) is 0. The van der Waals surface area contributed by atoms with Gasteiger partial charge < -0.3 is 30.7 Å². The number of hydrogen-bond acceptors (Lipinski definition) is 6. The van der Waals surface area contributed by atoms with Crippen LogP contribution in [0.5, 0.6) is 0 Å². The first-order chi connectivity index (χ1) is 15.2. The topological polar surface area (TPSA) is 135 Å². The van der Waals surface area contributed by atoms with Gasteiger partial charge in [0.15, 0.2) is 0 Å². The number of anilines is 1. The highest BCUT2D eigenvalue weighted by Crippen LogP contribution is 2.10. The lowest BCUT2D eigenvalue weighted by Crippen LogP contribution is -2.35. The van der Waals surface area contributed by atoms with Crippen molar-refractivity contribution >= 4 is 29.7 Å². The molecule has 0 fully saturated rings. The van der Waals surface area contributed by atoms with Crippen molar-refractivity contribution in [2.45, 2.75) is 72.1 Å². The van der Waals surface area contributed by atoms with Crippen LogP contribution in [-0.4, -0.2) is 48.3 Å². The molecule has 0 spiro atoms. The molecule has 1 aromatic carbocycles. The fourth-order valence-corrected chi connectivity index (χ4v) is 2.40. The molecule has 4 N–H and O–H groups in total.